The molecule has 0 N–H and O–H groups in total. The molecule has 3 heteroatoms. The van der Waals surface area contributed by atoms with E-state index in [2.05, 4.69) is 28.2 Å². The Bertz CT molecular complexity index is 72.0. The third kappa shape index (κ3) is 56900. The molecule has 0 aliphatic rings. The van der Waals surface area contributed by atoms with Gasteiger partial charge in [-0.15, -0.1) is 0 Å². The van der Waals surface area contributed by atoms with E-state index in [4.69, 9.17) is 5.26 Å². The van der Waals surface area contributed by atoms with Crippen LogP contribution in [-0.2, 0) is 0 Å². The first-order valence-corrected chi connectivity index (χ1v) is 2.51. The summed E-state index contributed by atoms with van der Waals surface area (Å²) in [4.78, 5) is 0. The van der Waals surface area contributed by atoms with Gasteiger partial charge in [-0.25, -0.2) is 0 Å². The minimum Gasteiger partial charge on any atom is -1.00 e. The first kappa shape index (κ1) is 16.0. The number of rotatable bonds is 0. The zero-order valence-corrected chi connectivity index (χ0v) is 8.36. The van der Waals surface area contributed by atoms with Crippen LogP contribution in [-0.4, -0.2) is 32.7 Å². The normalized spacial score (nSPS) is 7.56. The number of halogens is 1. The average molecular weight is 195 g/mol. The van der Waals surface area contributed by atoms with Gasteiger partial charge in [0.15, 0.2) is 0 Å². The fourth-order valence-electron chi connectivity index (χ4n) is 0. The molecule has 0 aliphatic heterocycles. The van der Waals surface area contributed by atoms with Gasteiger partial charge < -0.3 is 21.5 Å². The minimum atomic E-state index is 0. The minimum absolute atomic E-state index is 0. The van der Waals surface area contributed by atoms with E-state index in [0.29, 0.717) is 0 Å². The summed E-state index contributed by atoms with van der Waals surface area (Å²) in [5.74, 6) is 0. The third-order valence-corrected chi connectivity index (χ3v) is 0. The second kappa shape index (κ2) is 7.93. The molecule has 0 aromatic heterocycles. The van der Waals surface area contributed by atoms with Crippen LogP contribution in [0.25, 0.3) is 0 Å². The predicted molar refractivity (Wildman–Crippen MR) is 35.2 cm³/mol. The largest absolute Gasteiger partial charge is 1.00 e. The summed E-state index contributed by atoms with van der Waals surface area (Å²) in [7, 11) is 8.50. The molecular weight excluding hydrogens is 180 g/mol. The summed E-state index contributed by atoms with van der Waals surface area (Å²) in [5.41, 5.74) is 0. The van der Waals surface area contributed by atoms with Gasteiger partial charge in [-0.05, 0) is 0 Å². The number of nitrogens with zero attached hydrogens (tertiary/aromatic N) is 2. The maximum atomic E-state index is 7.32. The Morgan fingerprint density at radius 2 is 1.11 bits per heavy atom. The van der Waals surface area contributed by atoms with E-state index in [1.54, 1.807) is 6.07 Å². The molecular formula is C6H15BrN2. The summed E-state index contributed by atoms with van der Waals surface area (Å²) in [6.07, 6.45) is 0. The summed E-state index contributed by atoms with van der Waals surface area (Å²) < 4.78 is 1.00. The number of hydrogen-bond donors (Lipinski definition) is 0. The highest BCUT2D eigenvalue weighted by molar-refractivity contribution is 4.51. The predicted octanol–water partition coefficient (Wildman–Crippen LogP) is -2.14. The van der Waals surface area contributed by atoms with Crippen LogP contribution in [0.5, 0.6) is 0 Å². The van der Waals surface area contributed by atoms with E-state index < -0.39 is 0 Å². The molecule has 0 rings (SSSR count). The van der Waals surface area contributed by atoms with Crippen LogP contribution in [0.4, 0.5) is 0 Å². The molecule has 0 aromatic rings. The summed E-state index contributed by atoms with van der Waals surface area (Å²) in [6.45, 7) is 1.43. The Morgan fingerprint density at radius 3 is 1.11 bits per heavy atom. The fraction of sp³-hybridized carbons (Fsp3) is 0.833. The zero-order chi connectivity index (χ0) is 7.21. The zero-order valence-electron chi connectivity index (χ0n) is 6.77. The monoisotopic (exact) mass is 194 g/mol. The maximum Gasteiger partial charge on any atom is 0.0675 e. The van der Waals surface area contributed by atoms with Crippen LogP contribution < -0.4 is 17.0 Å². The van der Waals surface area contributed by atoms with Crippen molar-refractivity contribution in [3.63, 3.8) is 0 Å². The molecule has 0 fully saturated rings. The summed E-state index contributed by atoms with van der Waals surface area (Å²) in [6, 6.07) is 1.75. The van der Waals surface area contributed by atoms with E-state index >= 15 is 0 Å². The molecule has 0 atom stereocenters. The maximum absolute atomic E-state index is 7.32. The van der Waals surface area contributed by atoms with Gasteiger partial charge in [0, 0.05) is 6.92 Å². The van der Waals surface area contributed by atoms with Crippen molar-refractivity contribution in [2.45, 2.75) is 6.92 Å². The molecule has 0 unspecified atom stereocenters. The first-order valence-electron chi connectivity index (χ1n) is 2.51. The number of nitriles is 1. The van der Waals surface area contributed by atoms with Gasteiger partial charge in [0.05, 0.1) is 34.3 Å². The van der Waals surface area contributed by atoms with Gasteiger partial charge >= 0.3 is 0 Å². The molecule has 0 radical (unpaired) electrons. The summed E-state index contributed by atoms with van der Waals surface area (Å²) in [5, 5.41) is 7.32. The van der Waals surface area contributed by atoms with Gasteiger partial charge in [-0.2, -0.15) is 5.26 Å². The lowest BCUT2D eigenvalue weighted by molar-refractivity contribution is -0.849. The van der Waals surface area contributed by atoms with Crippen molar-refractivity contribution in [3.05, 3.63) is 0 Å². The van der Waals surface area contributed by atoms with Crippen LogP contribution in [0, 0.1) is 11.3 Å². The van der Waals surface area contributed by atoms with Crippen LogP contribution >= 0.6 is 0 Å². The Morgan fingerprint density at radius 1 is 1.11 bits per heavy atom. The van der Waals surface area contributed by atoms with Crippen LogP contribution in [0.1, 0.15) is 6.92 Å². The lowest BCUT2D eigenvalue weighted by Crippen LogP contribution is -3.00. The van der Waals surface area contributed by atoms with Crippen LogP contribution in [0.15, 0.2) is 0 Å². The highest BCUT2D eigenvalue weighted by atomic mass is 79.9. The van der Waals surface area contributed by atoms with Crippen molar-refractivity contribution >= 4 is 0 Å². The molecule has 0 amide bonds. The van der Waals surface area contributed by atoms with Gasteiger partial charge in [0.1, 0.15) is 0 Å². The van der Waals surface area contributed by atoms with Crippen molar-refractivity contribution in [1.82, 2.24) is 0 Å². The molecule has 0 heterocycles. The Kier molecular flexibility index (Phi) is 14.1. The molecule has 9 heavy (non-hydrogen) atoms. The highest BCUT2D eigenvalue weighted by Crippen LogP contribution is 1.73. The third-order valence-electron chi connectivity index (χ3n) is 0. The Labute approximate surface area is 68.4 Å². The van der Waals surface area contributed by atoms with Gasteiger partial charge in [-0.1, -0.05) is 0 Å². The van der Waals surface area contributed by atoms with E-state index in [1.807, 2.05) is 0 Å². The molecule has 0 saturated carbocycles. The van der Waals surface area contributed by atoms with E-state index in [1.165, 1.54) is 6.92 Å². The van der Waals surface area contributed by atoms with E-state index in [0.717, 1.165) is 4.48 Å². The lowest BCUT2D eigenvalue weighted by atomic mass is 10.8. The number of quaternary nitrogens is 1. The lowest BCUT2D eigenvalue weighted by Gasteiger charge is -2.14. The topological polar surface area (TPSA) is 23.8 Å². The SMILES string of the molecule is CC#N.C[N+](C)(C)C.[Br-]. The van der Waals surface area contributed by atoms with Crippen molar-refractivity contribution < 1.29 is 21.5 Å². The van der Waals surface area contributed by atoms with Crippen molar-refractivity contribution in [2.75, 3.05) is 28.2 Å². The second-order valence-corrected chi connectivity index (χ2v) is 2.91. The fourth-order valence-corrected chi connectivity index (χ4v) is 0. The molecule has 56 valence electrons. The van der Waals surface area contributed by atoms with Crippen LogP contribution in [0.3, 0.4) is 0 Å². The molecule has 0 spiro atoms. The van der Waals surface area contributed by atoms with E-state index in [9.17, 15) is 0 Å². The summed E-state index contributed by atoms with van der Waals surface area (Å²) >= 11 is 0. The standard InChI is InChI=1S/C4H12N.C2H3N.BrH/c1-5(2,3)4;1-2-3;/h1-4H3;1H3;1H/q+1;;/p-1. The van der Waals surface area contributed by atoms with Gasteiger partial charge in [0.25, 0.3) is 0 Å². The average Bonchev–Trinajstić information content (AvgIpc) is 1.27. The molecule has 2 nitrogen and oxygen atoms in total. The van der Waals surface area contributed by atoms with Gasteiger partial charge in [0.2, 0.25) is 0 Å². The van der Waals surface area contributed by atoms with Crippen molar-refractivity contribution in [1.29, 1.82) is 5.26 Å². The molecule has 0 aromatic carbocycles. The molecule has 0 saturated heterocycles. The Balaban J connectivity index is -0.0000000800. The van der Waals surface area contributed by atoms with E-state index in [-0.39, 0.29) is 17.0 Å². The smallest absolute Gasteiger partial charge is 0.0675 e. The Hall–Kier alpha value is -0.0700. The second-order valence-electron chi connectivity index (χ2n) is 2.91. The number of hydrogen-bond acceptors (Lipinski definition) is 1. The van der Waals surface area contributed by atoms with Crippen molar-refractivity contribution in [3.8, 4) is 6.07 Å². The quantitative estimate of drug-likeness (QED) is 0.404. The first-order chi connectivity index (χ1) is 3.41. The highest BCUT2D eigenvalue weighted by Gasteiger charge is 1.88. The molecule has 0 bridgehead atoms. The molecule has 0 aliphatic carbocycles. The van der Waals surface area contributed by atoms with Crippen molar-refractivity contribution in [2.24, 2.45) is 0 Å². The van der Waals surface area contributed by atoms with Crippen LogP contribution in [0.2, 0.25) is 0 Å². The van der Waals surface area contributed by atoms with Gasteiger partial charge in [-0.3, -0.25) is 0 Å².